The molecule has 0 heterocycles. The number of carbonyl (C=O) groups is 1. The molecule has 0 spiro atoms. The van der Waals surface area contributed by atoms with E-state index in [1.165, 1.54) is 0 Å². The van der Waals surface area contributed by atoms with Crippen LogP contribution in [0.2, 0.25) is 0 Å². The van der Waals surface area contributed by atoms with E-state index < -0.39 is 6.10 Å². The van der Waals surface area contributed by atoms with E-state index in [2.05, 4.69) is 15.9 Å². The molecule has 0 radical (unpaired) electrons. The molecule has 1 aromatic carbocycles. The predicted molar refractivity (Wildman–Crippen MR) is 73.2 cm³/mol. The van der Waals surface area contributed by atoms with Crippen LogP contribution in [0.25, 0.3) is 0 Å². The standard InChI is InChI=1S/C14H17BrO3/c1-9-6-11(15)7-10(8-16)14(9)18-13-5-3-2-4-12(13)17/h6-8,12-13,17H,2-5H2,1H3. The fraction of sp³-hybridized carbons (Fsp3) is 0.500. The first-order valence-electron chi connectivity index (χ1n) is 6.22. The van der Waals surface area contributed by atoms with E-state index in [0.717, 1.165) is 42.0 Å². The molecule has 2 unspecified atom stereocenters. The zero-order chi connectivity index (χ0) is 13.1. The molecule has 1 saturated carbocycles. The SMILES string of the molecule is Cc1cc(Br)cc(C=O)c1OC1CCCCC1O. The van der Waals surface area contributed by atoms with Gasteiger partial charge in [0, 0.05) is 4.47 Å². The third-order valence-electron chi connectivity index (χ3n) is 3.33. The Hall–Kier alpha value is -0.870. The molecule has 1 aliphatic rings. The van der Waals surface area contributed by atoms with Gasteiger partial charge in [-0.3, -0.25) is 4.79 Å². The van der Waals surface area contributed by atoms with E-state index in [9.17, 15) is 9.90 Å². The Morgan fingerprint density at radius 3 is 2.78 bits per heavy atom. The molecule has 0 amide bonds. The van der Waals surface area contributed by atoms with E-state index in [0.29, 0.717) is 11.3 Å². The first kappa shape index (κ1) is 13.6. The third-order valence-corrected chi connectivity index (χ3v) is 3.79. The second kappa shape index (κ2) is 5.85. The fourth-order valence-electron chi connectivity index (χ4n) is 2.37. The zero-order valence-corrected chi connectivity index (χ0v) is 11.9. The lowest BCUT2D eigenvalue weighted by Crippen LogP contribution is -2.35. The molecule has 1 N–H and O–H groups in total. The molecule has 2 rings (SSSR count). The first-order valence-corrected chi connectivity index (χ1v) is 7.01. The van der Waals surface area contributed by atoms with E-state index in [1.807, 2.05) is 13.0 Å². The summed E-state index contributed by atoms with van der Waals surface area (Å²) in [5.74, 6) is 0.596. The van der Waals surface area contributed by atoms with E-state index >= 15 is 0 Å². The first-order chi connectivity index (χ1) is 8.61. The summed E-state index contributed by atoms with van der Waals surface area (Å²) in [6.07, 6.45) is 3.89. The number of halogens is 1. The highest BCUT2D eigenvalue weighted by atomic mass is 79.9. The van der Waals surface area contributed by atoms with Gasteiger partial charge in [0.2, 0.25) is 0 Å². The van der Waals surface area contributed by atoms with E-state index in [1.54, 1.807) is 6.07 Å². The van der Waals surface area contributed by atoms with Gasteiger partial charge in [-0.2, -0.15) is 0 Å². The van der Waals surface area contributed by atoms with Gasteiger partial charge in [0.1, 0.15) is 11.9 Å². The third kappa shape index (κ3) is 2.93. The number of rotatable bonds is 3. The minimum Gasteiger partial charge on any atom is -0.487 e. The van der Waals surface area contributed by atoms with Crippen molar-refractivity contribution in [3.8, 4) is 5.75 Å². The zero-order valence-electron chi connectivity index (χ0n) is 10.4. The van der Waals surface area contributed by atoms with Crippen LogP contribution in [0.1, 0.15) is 41.6 Å². The molecule has 0 saturated heterocycles. The summed E-state index contributed by atoms with van der Waals surface area (Å²) in [4.78, 5) is 11.1. The number of aliphatic hydroxyl groups excluding tert-OH is 1. The molecule has 3 nitrogen and oxygen atoms in total. The maximum absolute atomic E-state index is 11.1. The maximum atomic E-state index is 11.1. The summed E-state index contributed by atoms with van der Waals surface area (Å²) in [6.45, 7) is 1.91. The number of aldehydes is 1. The Balaban J connectivity index is 2.24. The van der Waals surface area contributed by atoms with Crippen molar-refractivity contribution < 1.29 is 14.6 Å². The molecule has 0 bridgehead atoms. The van der Waals surface area contributed by atoms with Crippen LogP contribution < -0.4 is 4.74 Å². The van der Waals surface area contributed by atoms with Gasteiger partial charge in [0.05, 0.1) is 11.7 Å². The number of ether oxygens (including phenoxy) is 1. The summed E-state index contributed by atoms with van der Waals surface area (Å²) in [5, 5.41) is 9.92. The largest absolute Gasteiger partial charge is 0.487 e. The summed E-state index contributed by atoms with van der Waals surface area (Å²) in [5.41, 5.74) is 1.43. The molecule has 2 atom stereocenters. The van der Waals surface area contributed by atoms with Crippen LogP contribution in [0.5, 0.6) is 5.75 Å². The molecule has 0 aromatic heterocycles. The van der Waals surface area contributed by atoms with Crippen LogP contribution in [0.3, 0.4) is 0 Å². The van der Waals surface area contributed by atoms with E-state index in [-0.39, 0.29) is 6.10 Å². The summed E-state index contributed by atoms with van der Waals surface area (Å²) < 4.78 is 6.73. The second-order valence-electron chi connectivity index (χ2n) is 4.77. The van der Waals surface area contributed by atoms with Crippen LogP contribution in [0.15, 0.2) is 16.6 Å². The van der Waals surface area contributed by atoms with Gasteiger partial charge in [-0.15, -0.1) is 0 Å². The van der Waals surface area contributed by atoms with Gasteiger partial charge >= 0.3 is 0 Å². The molecule has 0 aliphatic heterocycles. The van der Waals surface area contributed by atoms with Crippen molar-refractivity contribution >= 4 is 22.2 Å². The molecular weight excluding hydrogens is 296 g/mol. The second-order valence-corrected chi connectivity index (χ2v) is 5.68. The highest BCUT2D eigenvalue weighted by molar-refractivity contribution is 9.10. The van der Waals surface area contributed by atoms with Crippen LogP contribution in [0, 0.1) is 6.92 Å². The number of benzene rings is 1. The number of aryl methyl sites for hydroxylation is 1. The maximum Gasteiger partial charge on any atom is 0.153 e. The van der Waals surface area contributed by atoms with Crippen molar-refractivity contribution in [2.45, 2.75) is 44.8 Å². The van der Waals surface area contributed by atoms with Crippen LogP contribution in [-0.2, 0) is 0 Å². The average molecular weight is 313 g/mol. The van der Waals surface area contributed by atoms with Crippen LogP contribution in [0.4, 0.5) is 0 Å². The lowest BCUT2D eigenvalue weighted by atomic mass is 9.94. The Morgan fingerprint density at radius 2 is 2.11 bits per heavy atom. The summed E-state index contributed by atoms with van der Waals surface area (Å²) >= 11 is 3.36. The van der Waals surface area contributed by atoms with Crippen molar-refractivity contribution in [3.05, 3.63) is 27.7 Å². The van der Waals surface area contributed by atoms with Gasteiger partial charge in [-0.25, -0.2) is 0 Å². The highest BCUT2D eigenvalue weighted by Crippen LogP contribution is 2.30. The Kier molecular flexibility index (Phi) is 4.40. The number of hydrogen-bond donors (Lipinski definition) is 1. The molecule has 18 heavy (non-hydrogen) atoms. The highest BCUT2D eigenvalue weighted by Gasteiger charge is 2.26. The topological polar surface area (TPSA) is 46.5 Å². The molecule has 4 heteroatoms. The van der Waals surface area contributed by atoms with Crippen molar-refractivity contribution in [1.29, 1.82) is 0 Å². The quantitative estimate of drug-likeness (QED) is 0.871. The van der Waals surface area contributed by atoms with Gasteiger partial charge in [-0.1, -0.05) is 22.4 Å². The Morgan fingerprint density at radius 1 is 1.39 bits per heavy atom. The smallest absolute Gasteiger partial charge is 0.153 e. The number of hydrogen-bond acceptors (Lipinski definition) is 3. The number of aliphatic hydroxyl groups is 1. The van der Waals surface area contributed by atoms with Crippen LogP contribution in [-0.4, -0.2) is 23.6 Å². The minimum atomic E-state index is -0.429. The van der Waals surface area contributed by atoms with Gasteiger partial charge in [0.15, 0.2) is 6.29 Å². The normalized spacial score (nSPS) is 23.7. The Labute approximate surface area is 115 Å². The molecule has 1 fully saturated rings. The van der Waals surface area contributed by atoms with Gasteiger partial charge in [0.25, 0.3) is 0 Å². The van der Waals surface area contributed by atoms with Crippen molar-refractivity contribution in [2.24, 2.45) is 0 Å². The minimum absolute atomic E-state index is 0.197. The average Bonchev–Trinajstić information content (AvgIpc) is 2.34. The lowest BCUT2D eigenvalue weighted by Gasteiger charge is -2.29. The molecular formula is C14H17BrO3. The number of carbonyl (C=O) groups excluding carboxylic acids is 1. The van der Waals surface area contributed by atoms with Gasteiger partial charge < -0.3 is 9.84 Å². The molecule has 1 aromatic rings. The predicted octanol–water partition coefficient (Wildman–Crippen LogP) is 3.25. The molecule has 98 valence electrons. The van der Waals surface area contributed by atoms with Gasteiger partial charge in [-0.05, 0) is 43.9 Å². The van der Waals surface area contributed by atoms with E-state index in [4.69, 9.17) is 4.74 Å². The van der Waals surface area contributed by atoms with Crippen LogP contribution >= 0.6 is 15.9 Å². The monoisotopic (exact) mass is 312 g/mol. The lowest BCUT2D eigenvalue weighted by molar-refractivity contribution is 0.00623. The molecule has 1 aliphatic carbocycles. The fourth-order valence-corrected chi connectivity index (χ4v) is 2.96. The van der Waals surface area contributed by atoms with Crippen molar-refractivity contribution in [1.82, 2.24) is 0 Å². The summed E-state index contributed by atoms with van der Waals surface area (Å²) in [6, 6.07) is 3.65. The van der Waals surface area contributed by atoms with Crippen molar-refractivity contribution in [2.75, 3.05) is 0 Å². The Bertz CT molecular complexity index is 445. The van der Waals surface area contributed by atoms with Crippen molar-refractivity contribution in [3.63, 3.8) is 0 Å². The summed E-state index contributed by atoms with van der Waals surface area (Å²) in [7, 11) is 0.